The number of aromatic hydroxyl groups is 4. The van der Waals surface area contributed by atoms with E-state index in [2.05, 4.69) is 0 Å². The third-order valence-corrected chi connectivity index (χ3v) is 6.38. The monoisotopic (exact) mass is 504 g/mol. The van der Waals surface area contributed by atoms with E-state index in [4.69, 9.17) is 9.47 Å². The molecule has 1 aliphatic heterocycles. The molecule has 0 spiro atoms. The van der Waals surface area contributed by atoms with E-state index in [1.807, 2.05) is 0 Å². The van der Waals surface area contributed by atoms with Crippen LogP contribution in [-0.4, -0.2) is 51.2 Å². The second kappa shape index (κ2) is 10.0. The lowest BCUT2D eigenvalue weighted by Crippen LogP contribution is -2.34. The van der Waals surface area contributed by atoms with Crippen LogP contribution in [0.1, 0.15) is 84.2 Å². The van der Waals surface area contributed by atoms with E-state index in [1.165, 1.54) is 14.0 Å². The minimum atomic E-state index is -2.16. The summed E-state index contributed by atoms with van der Waals surface area (Å²) in [4.78, 5) is 37.6. The van der Waals surface area contributed by atoms with Crippen LogP contribution in [0.5, 0.6) is 34.5 Å². The van der Waals surface area contributed by atoms with Crippen LogP contribution in [0.4, 0.5) is 4.39 Å². The minimum absolute atomic E-state index is 0.0190. The highest BCUT2D eigenvalue weighted by atomic mass is 19.1. The number of carbonyl (C=O) groups excluding carboxylic acids is 3. The molecule has 0 aliphatic carbocycles. The quantitative estimate of drug-likeness (QED) is 0.225. The summed E-state index contributed by atoms with van der Waals surface area (Å²) < 4.78 is 25.2. The maximum absolute atomic E-state index is 14.9. The van der Waals surface area contributed by atoms with Gasteiger partial charge in [-0.05, 0) is 26.7 Å². The summed E-state index contributed by atoms with van der Waals surface area (Å²) in [7, 11) is 1.25. The molecule has 1 aliphatic rings. The van der Waals surface area contributed by atoms with Gasteiger partial charge in [0.1, 0.15) is 39.9 Å². The Hall–Kier alpha value is -3.82. The van der Waals surface area contributed by atoms with Crippen LogP contribution in [0.25, 0.3) is 11.1 Å². The van der Waals surface area contributed by atoms with Crippen LogP contribution in [0.3, 0.4) is 0 Å². The molecule has 4 N–H and O–H groups in total. The number of fused-ring (bicyclic) bond motifs is 1. The number of hydrogen-bond acceptors (Lipinski definition) is 9. The standard InChI is InChI=1S/C26H29FO9/c1-6-8-12-15-22(32)18(21(31)14(11(4)28)25(15)36-26(34)19(12)27)17-20(30)10(3)24(35-5)16(23(17)33)13(29)9-7-2/h12,19,30-33H,6-9H2,1-5H3. The molecule has 194 valence electrons. The minimum Gasteiger partial charge on any atom is -0.507 e. The average Bonchev–Trinajstić information content (AvgIpc) is 2.81. The van der Waals surface area contributed by atoms with Crippen molar-refractivity contribution in [3.05, 3.63) is 22.3 Å². The normalized spacial score (nSPS) is 16.9. The molecular weight excluding hydrogens is 475 g/mol. The van der Waals surface area contributed by atoms with E-state index in [-0.39, 0.29) is 35.3 Å². The Labute approximate surface area is 207 Å². The van der Waals surface area contributed by atoms with Crippen molar-refractivity contribution >= 4 is 17.5 Å². The first kappa shape index (κ1) is 26.8. The fourth-order valence-electron chi connectivity index (χ4n) is 4.73. The van der Waals surface area contributed by atoms with Crippen LogP contribution in [0.2, 0.25) is 0 Å². The van der Waals surface area contributed by atoms with Crippen LogP contribution in [0, 0.1) is 6.92 Å². The summed E-state index contributed by atoms with van der Waals surface area (Å²) in [5.41, 5.74) is -2.20. The zero-order valence-electron chi connectivity index (χ0n) is 20.7. The Morgan fingerprint density at radius 2 is 1.56 bits per heavy atom. The molecule has 0 bridgehead atoms. The topological polar surface area (TPSA) is 151 Å². The first-order valence-corrected chi connectivity index (χ1v) is 11.6. The molecule has 36 heavy (non-hydrogen) atoms. The van der Waals surface area contributed by atoms with Gasteiger partial charge in [0.2, 0.25) is 6.17 Å². The lowest BCUT2D eigenvalue weighted by atomic mass is 9.81. The van der Waals surface area contributed by atoms with Gasteiger partial charge in [-0.2, -0.15) is 0 Å². The first-order chi connectivity index (χ1) is 16.9. The molecule has 0 saturated carbocycles. The maximum atomic E-state index is 14.9. The number of phenolic OH excluding ortho intramolecular Hbond substituents is 4. The lowest BCUT2D eigenvalue weighted by Gasteiger charge is -2.31. The fourth-order valence-corrected chi connectivity index (χ4v) is 4.73. The highest BCUT2D eigenvalue weighted by Crippen LogP contribution is 2.59. The number of halogens is 1. The van der Waals surface area contributed by atoms with Crippen molar-refractivity contribution < 1.29 is 48.7 Å². The zero-order valence-corrected chi connectivity index (χ0v) is 20.7. The summed E-state index contributed by atoms with van der Waals surface area (Å²) in [5, 5.41) is 44.6. The molecule has 0 aromatic heterocycles. The van der Waals surface area contributed by atoms with E-state index < -0.39 is 75.1 Å². The first-order valence-electron chi connectivity index (χ1n) is 11.6. The molecule has 0 radical (unpaired) electrons. The van der Waals surface area contributed by atoms with Crippen molar-refractivity contribution in [2.75, 3.05) is 7.11 Å². The largest absolute Gasteiger partial charge is 0.507 e. The second-order valence-electron chi connectivity index (χ2n) is 8.74. The number of carbonyl (C=O) groups is 3. The van der Waals surface area contributed by atoms with Gasteiger partial charge in [-0.3, -0.25) is 9.59 Å². The molecule has 0 saturated heterocycles. The molecule has 2 aromatic rings. The van der Waals surface area contributed by atoms with Crippen molar-refractivity contribution in [2.45, 2.75) is 65.5 Å². The zero-order chi connectivity index (χ0) is 27.1. The van der Waals surface area contributed by atoms with Crippen molar-refractivity contribution in [1.29, 1.82) is 0 Å². The molecule has 0 amide bonds. The molecular formula is C26H29FO9. The summed E-state index contributed by atoms with van der Waals surface area (Å²) in [6.45, 7) is 5.94. The molecule has 3 rings (SSSR count). The van der Waals surface area contributed by atoms with Gasteiger partial charge in [0.25, 0.3) is 0 Å². The van der Waals surface area contributed by atoms with Gasteiger partial charge in [0, 0.05) is 23.5 Å². The number of phenols is 4. The van der Waals surface area contributed by atoms with E-state index in [0.29, 0.717) is 12.8 Å². The van der Waals surface area contributed by atoms with Crippen LogP contribution < -0.4 is 9.47 Å². The van der Waals surface area contributed by atoms with Crippen molar-refractivity contribution in [3.8, 4) is 45.6 Å². The van der Waals surface area contributed by atoms with E-state index in [0.717, 1.165) is 6.92 Å². The number of methoxy groups -OCH3 is 1. The van der Waals surface area contributed by atoms with E-state index >= 15 is 0 Å². The number of hydrogen-bond donors (Lipinski definition) is 4. The fraction of sp³-hybridized carbons (Fsp3) is 0.423. The number of ether oxygens (including phenoxy) is 2. The molecule has 2 unspecified atom stereocenters. The third-order valence-electron chi connectivity index (χ3n) is 6.38. The average molecular weight is 505 g/mol. The Morgan fingerprint density at radius 3 is 2.08 bits per heavy atom. The maximum Gasteiger partial charge on any atom is 0.346 e. The van der Waals surface area contributed by atoms with E-state index in [9.17, 15) is 39.2 Å². The van der Waals surface area contributed by atoms with Crippen LogP contribution >= 0.6 is 0 Å². The molecule has 10 heteroatoms. The molecule has 1 heterocycles. The predicted molar refractivity (Wildman–Crippen MR) is 127 cm³/mol. The molecule has 9 nitrogen and oxygen atoms in total. The van der Waals surface area contributed by atoms with E-state index in [1.54, 1.807) is 13.8 Å². The number of Topliss-reactive ketones (excluding diaryl/α,β-unsaturated/α-hetero) is 2. The summed E-state index contributed by atoms with van der Waals surface area (Å²) in [6.07, 6.45) is -1.23. The predicted octanol–water partition coefficient (Wildman–Crippen LogP) is 4.82. The van der Waals surface area contributed by atoms with Gasteiger partial charge in [-0.25, -0.2) is 9.18 Å². The van der Waals surface area contributed by atoms with Gasteiger partial charge in [-0.15, -0.1) is 0 Å². The smallest absolute Gasteiger partial charge is 0.346 e. The van der Waals surface area contributed by atoms with Gasteiger partial charge in [-0.1, -0.05) is 20.3 Å². The van der Waals surface area contributed by atoms with Crippen molar-refractivity contribution in [2.24, 2.45) is 0 Å². The number of alkyl halides is 1. The van der Waals surface area contributed by atoms with Crippen molar-refractivity contribution in [1.82, 2.24) is 0 Å². The number of benzene rings is 2. The van der Waals surface area contributed by atoms with Crippen LogP contribution in [0.15, 0.2) is 0 Å². The van der Waals surface area contributed by atoms with Crippen LogP contribution in [-0.2, 0) is 4.79 Å². The summed E-state index contributed by atoms with van der Waals surface area (Å²) in [6, 6.07) is 0. The number of ketones is 2. The van der Waals surface area contributed by atoms with Crippen molar-refractivity contribution in [3.63, 3.8) is 0 Å². The summed E-state index contributed by atoms with van der Waals surface area (Å²) >= 11 is 0. The highest BCUT2D eigenvalue weighted by molar-refractivity contribution is 6.09. The SMILES string of the molecule is CCCC(=O)c1c(O)c(-c2c(O)c(C(C)=O)c3c(c2O)C(CCC)C(F)C(=O)O3)c(O)c(C)c1OC. The highest BCUT2D eigenvalue weighted by Gasteiger charge is 2.44. The Balaban J connectivity index is 2.54. The molecule has 0 fully saturated rings. The second-order valence-corrected chi connectivity index (χ2v) is 8.74. The number of esters is 1. The molecule has 2 atom stereocenters. The molecule has 2 aromatic carbocycles. The third kappa shape index (κ3) is 4.00. The Kier molecular flexibility index (Phi) is 7.47. The Bertz CT molecular complexity index is 1270. The van der Waals surface area contributed by atoms with Gasteiger partial charge in [0.15, 0.2) is 17.3 Å². The van der Waals surface area contributed by atoms with Gasteiger partial charge >= 0.3 is 5.97 Å². The number of rotatable bonds is 8. The lowest BCUT2D eigenvalue weighted by molar-refractivity contribution is -0.142. The van der Waals surface area contributed by atoms with Gasteiger partial charge in [0.05, 0.1) is 18.2 Å². The van der Waals surface area contributed by atoms with Gasteiger partial charge < -0.3 is 29.9 Å². The Morgan fingerprint density at radius 1 is 0.972 bits per heavy atom. The summed E-state index contributed by atoms with van der Waals surface area (Å²) in [5.74, 6) is -7.55.